The number of aromatic nitrogens is 2. The van der Waals surface area contributed by atoms with Crippen LogP contribution in [0.2, 0.25) is 0 Å². The molecule has 134 valence electrons. The number of ether oxygens (including phenoxy) is 2. The Morgan fingerprint density at radius 1 is 1.04 bits per heavy atom. The number of nitrogens with zero attached hydrogens (tertiary/aromatic N) is 1. The molecule has 2 aromatic carbocycles. The first-order valence-electron chi connectivity index (χ1n) is 7.80. The highest BCUT2D eigenvalue weighted by Crippen LogP contribution is 2.17. The maximum absolute atomic E-state index is 12.3. The summed E-state index contributed by atoms with van der Waals surface area (Å²) in [5.41, 5.74) is -0.895. The molecule has 7 nitrogen and oxygen atoms in total. The van der Waals surface area contributed by atoms with Gasteiger partial charge in [0.25, 0.3) is 11.1 Å². The van der Waals surface area contributed by atoms with Crippen molar-refractivity contribution >= 4 is 32.7 Å². The number of halogens is 1. The van der Waals surface area contributed by atoms with Crippen LogP contribution in [0.15, 0.2) is 62.6 Å². The molecule has 0 spiro atoms. The maximum Gasteiger partial charge on any atom is 0.327 e. The number of esters is 1. The Morgan fingerprint density at radius 2 is 1.81 bits per heavy atom. The van der Waals surface area contributed by atoms with E-state index in [2.05, 4.69) is 21.0 Å². The van der Waals surface area contributed by atoms with Gasteiger partial charge in [0.2, 0.25) is 0 Å². The highest BCUT2D eigenvalue weighted by molar-refractivity contribution is 9.10. The molecule has 0 radical (unpaired) electrons. The molecule has 3 rings (SSSR count). The molecule has 1 N–H and O–H groups in total. The van der Waals surface area contributed by atoms with Gasteiger partial charge < -0.3 is 9.47 Å². The number of hydrogen-bond donors (Lipinski definition) is 1. The van der Waals surface area contributed by atoms with Crippen molar-refractivity contribution in [2.24, 2.45) is 0 Å². The van der Waals surface area contributed by atoms with E-state index in [0.717, 1.165) is 9.15 Å². The number of rotatable bonds is 6. The van der Waals surface area contributed by atoms with Crippen LogP contribution in [0.4, 0.5) is 0 Å². The average molecular weight is 419 g/mol. The molecule has 0 bridgehead atoms. The highest BCUT2D eigenvalue weighted by Gasteiger charge is 2.11. The van der Waals surface area contributed by atoms with Gasteiger partial charge in [-0.25, -0.2) is 4.68 Å². The number of carbonyl (C=O) groups excluding carboxylic acids is 1. The van der Waals surface area contributed by atoms with Gasteiger partial charge in [-0.15, -0.1) is 0 Å². The molecule has 0 fully saturated rings. The van der Waals surface area contributed by atoms with E-state index >= 15 is 0 Å². The van der Waals surface area contributed by atoms with E-state index < -0.39 is 17.1 Å². The lowest BCUT2D eigenvalue weighted by molar-refractivity contribution is -0.145. The van der Waals surface area contributed by atoms with Gasteiger partial charge in [0.1, 0.15) is 25.5 Å². The summed E-state index contributed by atoms with van der Waals surface area (Å²) in [5, 5.41) is 2.92. The molecule has 26 heavy (non-hydrogen) atoms. The van der Waals surface area contributed by atoms with Crippen molar-refractivity contribution in [3.63, 3.8) is 0 Å². The molecule has 0 saturated carbocycles. The van der Waals surface area contributed by atoms with Crippen LogP contribution in [0.3, 0.4) is 0 Å². The first-order valence-corrected chi connectivity index (χ1v) is 8.60. The van der Waals surface area contributed by atoms with Gasteiger partial charge in [0.15, 0.2) is 0 Å². The zero-order valence-electron chi connectivity index (χ0n) is 13.6. The monoisotopic (exact) mass is 418 g/mol. The molecular formula is C18H15BrN2O5. The van der Waals surface area contributed by atoms with Gasteiger partial charge >= 0.3 is 5.97 Å². The zero-order chi connectivity index (χ0) is 18.5. The van der Waals surface area contributed by atoms with Crippen LogP contribution >= 0.6 is 15.9 Å². The summed E-state index contributed by atoms with van der Waals surface area (Å²) in [5.74, 6) is 0.00127. The molecule has 3 aromatic rings. The smallest absolute Gasteiger partial charge is 0.327 e. The van der Waals surface area contributed by atoms with Crippen LogP contribution < -0.4 is 15.9 Å². The Bertz CT molecular complexity index is 1060. The van der Waals surface area contributed by atoms with E-state index in [9.17, 15) is 14.4 Å². The molecule has 0 amide bonds. The van der Waals surface area contributed by atoms with Crippen LogP contribution in [0, 0.1) is 0 Å². The number of carbonyl (C=O) groups is 1. The SMILES string of the molecule is O=C(Cn1[nH]c(=O)c2ccccc2c1=O)OCCOc1cccc(Br)c1. The molecule has 0 aliphatic heterocycles. The predicted molar refractivity (Wildman–Crippen MR) is 99.4 cm³/mol. The second-order valence-corrected chi connectivity index (χ2v) is 6.32. The largest absolute Gasteiger partial charge is 0.490 e. The summed E-state index contributed by atoms with van der Waals surface area (Å²) >= 11 is 3.33. The second-order valence-electron chi connectivity index (χ2n) is 5.40. The molecule has 1 aromatic heterocycles. The van der Waals surface area contributed by atoms with Crippen molar-refractivity contribution < 1.29 is 14.3 Å². The van der Waals surface area contributed by atoms with Crippen LogP contribution in [-0.2, 0) is 16.1 Å². The van der Waals surface area contributed by atoms with Crippen molar-refractivity contribution in [3.05, 3.63) is 73.7 Å². The topological polar surface area (TPSA) is 90.4 Å². The Balaban J connectivity index is 1.58. The standard InChI is InChI=1S/C18H15BrN2O5/c19-12-4-3-5-13(10-12)25-8-9-26-16(22)11-21-18(24)15-7-2-1-6-14(15)17(23)20-21/h1-7,10H,8-9,11H2,(H,20,23). The number of aromatic amines is 1. The fourth-order valence-electron chi connectivity index (χ4n) is 2.40. The third-order valence-electron chi connectivity index (χ3n) is 3.58. The van der Waals surface area contributed by atoms with Gasteiger partial charge in [-0.3, -0.25) is 19.5 Å². The minimum Gasteiger partial charge on any atom is -0.490 e. The van der Waals surface area contributed by atoms with E-state index in [-0.39, 0.29) is 30.5 Å². The average Bonchev–Trinajstić information content (AvgIpc) is 2.63. The Morgan fingerprint density at radius 3 is 2.58 bits per heavy atom. The zero-order valence-corrected chi connectivity index (χ0v) is 15.2. The van der Waals surface area contributed by atoms with Crippen molar-refractivity contribution in [3.8, 4) is 5.75 Å². The van der Waals surface area contributed by atoms with Crippen molar-refractivity contribution in [1.82, 2.24) is 9.78 Å². The van der Waals surface area contributed by atoms with Crippen molar-refractivity contribution in [1.29, 1.82) is 0 Å². The normalized spacial score (nSPS) is 10.7. The number of H-pyrrole nitrogens is 1. The van der Waals surface area contributed by atoms with Crippen molar-refractivity contribution in [2.75, 3.05) is 13.2 Å². The van der Waals surface area contributed by atoms with E-state index in [4.69, 9.17) is 9.47 Å². The summed E-state index contributed by atoms with van der Waals surface area (Å²) in [4.78, 5) is 36.2. The summed E-state index contributed by atoms with van der Waals surface area (Å²) in [6.07, 6.45) is 0. The number of hydrogen-bond acceptors (Lipinski definition) is 5. The van der Waals surface area contributed by atoms with E-state index in [1.807, 2.05) is 12.1 Å². The van der Waals surface area contributed by atoms with Crippen LogP contribution in [0.25, 0.3) is 10.8 Å². The summed E-state index contributed by atoms with van der Waals surface area (Å²) in [6, 6.07) is 13.7. The lowest BCUT2D eigenvalue weighted by Crippen LogP contribution is -2.33. The fourth-order valence-corrected chi connectivity index (χ4v) is 2.78. The number of nitrogens with one attached hydrogen (secondary N) is 1. The molecule has 0 atom stereocenters. The summed E-state index contributed by atoms with van der Waals surface area (Å²) < 4.78 is 12.3. The van der Waals surface area contributed by atoms with Gasteiger partial charge in [-0.2, -0.15) is 0 Å². The fraction of sp³-hybridized carbons (Fsp3) is 0.167. The van der Waals surface area contributed by atoms with Crippen LogP contribution in [0.5, 0.6) is 5.75 Å². The number of benzene rings is 2. The number of fused-ring (bicyclic) bond motifs is 1. The molecule has 0 unspecified atom stereocenters. The first-order chi connectivity index (χ1) is 12.5. The minimum atomic E-state index is -0.643. The Kier molecular flexibility index (Phi) is 5.52. The summed E-state index contributed by atoms with van der Waals surface area (Å²) in [6.45, 7) is -0.182. The van der Waals surface area contributed by atoms with Crippen LogP contribution in [-0.4, -0.2) is 29.0 Å². The molecule has 0 aliphatic carbocycles. The highest BCUT2D eigenvalue weighted by atomic mass is 79.9. The third-order valence-corrected chi connectivity index (χ3v) is 4.08. The van der Waals surface area contributed by atoms with E-state index in [1.54, 1.807) is 36.4 Å². The Hall–Kier alpha value is -2.87. The lowest BCUT2D eigenvalue weighted by Gasteiger charge is -2.09. The lowest BCUT2D eigenvalue weighted by atomic mass is 10.2. The Labute approximate surface area is 156 Å². The molecule has 1 heterocycles. The van der Waals surface area contributed by atoms with Gasteiger partial charge in [0, 0.05) is 4.47 Å². The van der Waals surface area contributed by atoms with Crippen LogP contribution in [0.1, 0.15) is 0 Å². The molecule has 0 aliphatic rings. The van der Waals surface area contributed by atoms with Gasteiger partial charge in [-0.1, -0.05) is 34.1 Å². The molecule has 0 saturated heterocycles. The first kappa shape index (κ1) is 17.9. The maximum atomic E-state index is 12.3. The van der Waals surface area contributed by atoms with Gasteiger partial charge in [0.05, 0.1) is 10.8 Å². The predicted octanol–water partition coefficient (Wildman–Crippen LogP) is 2.07. The second kappa shape index (κ2) is 8.01. The molecular weight excluding hydrogens is 404 g/mol. The van der Waals surface area contributed by atoms with E-state index in [0.29, 0.717) is 5.75 Å². The minimum absolute atomic E-state index is 0.0257. The summed E-state index contributed by atoms with van der Waals surface area (Å²) in [7, 11) is 0. The van der Waals surface area contributed by atoms with E-state index in [1.165, 1.54) is 0 Å². The molecule has 8 heteroatoms. The third kappa shape index (κ3) is 4.20. The van der Waals surface area contributed by atoms with Gasteiger partial charge in [-0.05, 0) is 30.3 Å². The van der Waals surface area contributed by atoms with Crippen molar-refractivity contribution in [2.45, 2.75) is 6.54 Å². The quantitative estimate of drug-likeness (QED) is 0.488.